The van der Waals surface area contributed by atoms with Crippen molar-refractivity contribution < 1.29 is 17.9 Å². The van der Waals surface area contributed by atoms with Gasteiger partial charge < -0.3 is 4.74 Å². The van der Waals surface area contributed by atoms with E-state index in [0.29, 0.717) is 10.9 Å². The standard InChI is InChI=1S/C10H9Br2F3O/c11-5-9(16-6-10(13,14)15)7-1-3-8(12)4-2-7/h1-4,9H,5-6H2. The SMILES string of the molecule is FC(F)(F)COC(CBr)c1ccc(Br)cc1. The van der Waals surface area contributed by atoms with Gasteiger partial charge >= 0.3 is 6.18 Å². The van der Waals surface area contributed by atoms with Gasteiger partial charge in [-0.3, -0.25) is 0 Å². The van der Waals surface area contributed by atoms with Gasteiger partial charge in [0.1, 0.15) is 6.61 Å². The summed E-state index contributed by atoms with van der Waals surface area (Å²) in [5, 5.41) is 0.324. The Morgan fingerprint density at radius 3 is 2.19 bits per heavy atom. The van der Waals surface area contributed by atoms with Crippen molar-refractivity contribution >= 4 is 31.9 Å². The van der Waals surface area contributed by atoms with E-state index in [9.17, 15) is 13.2 Å². The normalized spacial score (nSPS) is 13.8. The van der Waals surface area contributed by atoms with Crippen LogP contribution in [0.15, 0.2) is 28.7 Å². The molecule has 0 aliphatic carbocycles. The number of hydrogen-bond acceptors (Lipinski definition) is 1. The molecule has 0 spiro atoms. The molecule has 6 heteroatoms. The average Bonchev–Trinajstić information content (AvgIpc) is 2.20. The van der Waals surface area contributed by atoms with Crippen LogP contribution in [0.4, 0.5) is 13.2 Å². The number of rotatable bonds is 4. The molecule has 1 aromatic carbocycles. The van der Waals surface area contributed by atoms with Gasteiger partial charge in [0.2, 0.25) is 0 Å². The molecular weight excluding hydrogens is 353 g/mol. The molecule has 0 aromatic heterocycles. The predicted molar refractivity (Wildman–Crippen MR) is 62.7 cm³/mol. The molecule has 90 valence electrons. The second-order valence-corrected chi connectivity index (χ2v) is 4.68. The van der Waals surface area contributed by atoms with Crippen LogP contribution >= 0.6 is 31.9 Å². The second-order valence-electron chi connectivity index (χ2n) is 3.12. The van der Waals surface area contributed by atoms with E-state index in [1.807, 2.05) is 0 Å². The largest absolute Gasteiger partial charge is 0.411 e. The summed E-state index contributed by atoms with van der Waals surface area (Å²) in [6.07, 6.45) is -4.88. The smallest absolute Gasteiger partial charge is 0.363 e. The summed E-state index contributed by atoms with van der Waals surface area (Å²) in [6.45, 7) is -1.24. The molecule has 0 aliphatic heterocycles. The zero-order chi connectivity index (χ0) is 12.2. The van der Waals surface area contributed by atoms with Gasteiger partial charge in [-0.05, 0) is 17.7 Å². The van der Waals surface area contributed by atoms with Crippen LogP contribution < -0.4 is 0 Å². The predicted octanol–water partition coefficient (Wildman–Crippen LogP) is 4.46. The molecule has 0 saturated carbocycles. The van der Waals surface area contributed by atoms with Crippen LogP contribution in [0, 0.1) is 0 Å². The van der Waals surface area contributed by atoms with Crippen LogP contribution in [0.2, 0.25) is 0 Å². The molecule has 0 saturated heterocycles. The highest BCUT2D eigenvalue weighted by molar-refractivity contribution is 9.10. The number of ether oxygens (including phenoxy) is 1. The average molecular weight is 362 g/mol. The van der Waals surface area contributed by atoms with Crippen molar-refractivity contribution in [1.82, 2.24) is 0 Å². The van der Waals surface area contributed by atoms with Gasteiger partial charge in [-0.25, -0.2) is 0 Å². The van der Waals surface area contributed by atoms with Crippen molar-refractivity contribution in [2.45, 2.75) is 12.3 Å². The van der Waals surface area contributed by atoms with Gasteiger partial charge in [-0.2, -0.15) is 13.2 Å². The van der Waals surface area contributed by atoms with E-state index in [0.717, 1.165) is 4.47 Å². The Hall–Kier alpha value is -0.0700. The van der Waals surface area contributed by atoms with E-state index in [4.69, 9.17) is 4.74 Å². The van der Waals surface area contributed by atoms with Crippen molar-refractivity contribution in [3.63, 3.8) is 0 Å². The first-order valence-electron chi connectivity index (χ1n) is 4.42. The molecule has 0 heterocycles. The molecule has 1 aromatic rings. The number of benzene rings is 1. The molecule has 0 aliphatic rings. The molecule has 0 amide bonds. The van der Waals surface area contributed by atoms with E-state index in [1.165, 1.54) is 0 Å². The van der Waals surface area contributed by atoms with Crippen LogP contribution in [-0.4, -0.2) is 18.1 Å². The first-order chi connectivity index (χ1) is 7.42. The third kappa shape index (κ3) is 4.84. The van der Waals surface area contributed by atoms with Crippen LogP contribution in [0.25, 0.3) is 0 Å². The maximum Gasteiger partial charge on any atom is 0.411 e. The highest BCUT2D eigenvalue weighted by atomic mass is 79.9. The van der Waals surface area contributed by atoms with E-state index in [1.54, 1.807) is 24.3 Å². The molecule has 0 fully saturated rings. The molecule has 0 N–H and O–H groups in total. The maximum atomic E-state index is 12.0. The minimum Gasteiger partial charge on any atom is -0.363 e. The summed E-state index contributed by atoms with van der Waals surface area (Å²) in [7, 11) is 0. The second kappa shape index (κ2) is 6.02. The Bertz CT molecular complexity index is 324. The summed E-state index contributed by atoms with van der Waals surface area (Å²) >= 11 is 6.39. The lowest BCUT2D eigenvalue weighted by Gasteiger charge is -2.17. The monoisotopic (exact) mass is 360 g/mol. The fourth-order valence-corrected chi connectivity index (χ4v) is 1.93. The quantitative estimate of drug-likeness (QED) is 0.719. The highest BCUT2D eigenvalue weighted by Gasteiger charge is 2.29. The summed E-state index contributed by atoms with van der Waals surface area (Å²) in [5.41, 5.74) is 0.712. The number of hydrogen-bond donors (Lipinski definition) is 0. The lowest BCUT2D eigenvalue weighted by molar-refractivity contribution is -0.183. The van der Waals surface area contributed by atoms with Gasteiger partial charge in [0.15, 0.2) is 0 Å². The van der Waals surface area contributed by atoms with Crippen molar-refractivity contribution in [3.8, 4) is 0 Å². The Morgan fingerprint density at radius 2 is 1.75 bits per heavy atom. The lowest BCUT2D eigenvalue weighted by Crippen LogP contribution is -2.20. The molecule has 1 rings (SSSR count). The molecule has 1 nitrogen and oxygen atoms in total. The molecule has 1 unspecified atom stereocenters. The summed E-state index contributed by atoms with van der Waals surface area (Å²) in [4.78, 5) is 0. The van der Waals surface area contributed by atoms with Crippen LogP contribution in [-0.2, 0) is 4.74 Å². The fourth-order valence-electron chi connectivity index (χ4n) is 1.10. The van der Waals surface area contributed by atoms with E-state index in [2.05, 4.69) is 31.9 Å². The molecule has 0 radical (unpaired) electrons. The third-order valence-electron chi connectivity index (χ3n) is 1.83. The van der Waals surface area contributed by atoms with Crippen molar-refractivity contribution in [2.24, 2.45) is 0 Å². The summed E-state index contributed by atoms with van der Waals surface area (Å²) < 4.78 is 41.6. The molecule has 0 bridgehead atoms. The fraction of sp³-hybridized carbons (Fsp3) is 0.400. The summed E-state index contributed by atoms with van der Waals surface area (Å²) in [6, 6.07) is 6.99. The first kappa shape index (κ1) is 14.0. The van der Waals surface area contributed by atoms with Gasteiger partial charge in [-0.1, -0.05) is 44.0 Å². The molecule has 1 atom stereocenters. The van der Waals surface area contributed by atoms with Gasteiger partial charge in [0, 0.05) is 9.80 Å². The topological polar surface area (TPSA) is 9.23 Å². The zero-order valence-corrected chi connectivity index (χ0v) is 11.3. The van der Waals surface area contributed by atoms with E-state index < -0.39 is 18.9 Å². The van der Waals surface area contributed by atoms with Crippen molar-refractivity contribution in [2.75, 3.05) is 11.9 Å². The first-order valence-corrected chi connectivity index (χ1v) is 6.33. The van der Waals surface area contributed by atoms with Crippen LogP contribution in [0.5, 0.6) is 0 Å². The zero-order valence-electron chi connectivity index (χ0n) is 8.10. The lowest BCUT2D eigenvalue weighted by atomic mass is 10.1. The Morgan fingerprint density at radius 1 is 1.19 bits per heavy atom. The van der Waals surface area contributed by atoms with Crippen molar-refractivity contribution in [3.05, 3.63) is 34.3 Å². The summed E-state index contributed by atoms with van der Waals surface area (Å²) in [5.74, 6) is 0. The molecular formula is C10H9Br2F3O. The number of alkyl halides is 4. The van der Waals surface area contributed by atoms with E-state index >= 15 is 0 Å². The number of halogens is 5. The van der Waals surface area contributed by atoms with Gasteiger partial charge in [-0.15, -0.1) is 0 Å². The Balaban J connectivity index is 2.64. The van der Waals surface area contributed by atoms with Gasteiger partial charge in [0.05, 0.1) is 6.10 Å². The minimum atomic E-state index is -4.30. The van der Waals surface area contributed by atoms with Crippen molar-refractivity contribution in [1.29, 1.82) is 0 Å². The van der Waals surface area contributed by atoms with Crippen LogP contribution in [0.1, 0.15) is 11.7 Å². The minimum absolute atomic E-state index is 0.324. The maximum absolute atomic E-state index is 12.0. The molecule has 16 heavy (non-hydrogen) atoms. The van der Waals surface area contributed by atoms with Gasteiger partial charge in [0.25, 0.3) is 0 Å². The Kier molecular flexibility index (Phi) is 5.27. The van der Waals surface area contributed by atoms with E-state index in [-0.39, 0.29) is 0 Å². The third-order valence-corrected chi connectivity index (χ3v) is 2.95. The highest BCUT2D eigenvalue weighted by Crippen LogP contribution is 2.25. The Labute approximate surface area is 108 Å². The van der Waals surface area contributed by atoms with Crippen LogP contribution in [0.3, 0.4) is 0 Å².